The Morgan fingerprint density at radius 3 is 2.53 bits per heavy atom. The minimum absolute atomic E-state index is 0.0289. The normalized spacial score (nSPS) is 18.7. The molecular weight excluding hydrogens is 228 g/mol. The average molecular weight is 239 g/mol. The summed E-state index contributed by atoms with van der Waals surface area (Å²) in [5, 5.41) is 19.0. The Morgan fingerprint density at radius 2 is 1.94 bits per heavy atom. The molecule has 1 aliphatic heterocycles. The van der Waals surface area contributed by atoms with E-state index in [1.165, 1.54) is 12.1 Å². The zero-order chi connectivity index (χ0) is 12.5. The van der Waals surface area contributed by atoms with Gasteiger partial charge in [-0.1, -0.05) is 6.07 Å². The molecule has 1 fully saturated rings. The van der Waals surface area contributed by atoms with Crippen LogP contribution in [0.2, 0.25) is 0 Å². The number of aliphatic hydroxyl groups is 1. The predicted octanol–water partition coefficient (Wildman–Crippen LogP) is 1.83. The molecule has 1 saturated heterocycles. The van der Waals surface area contributed by atoms with Crippen molar-refractivity contribution in [1.29, 1.82) is 5.26 Å². The van der Waals surface area contributed by atoms with E-state index in [0.717, 1.165) is 6.07 Å². The molecule has 0 aromatic heterocycles. The number of benzene rings is 1. The number of nitrogens with zero attached hydrogens (tertiary/aromatic N) is 1. The Labute approximate surface area is 97.2 Å². The molecule has 0 saturated carbocycles. The van der Waals surface area contributed by atoms with Gasteiger partial charge in [-0.15, -0.1) is 0 Å². The molecule has 3 nitrogen and oxygen atoms in total. The summed E-state index contributed by atoms with van der Waals surface area (Å²) >= 11 is 0. The molecule has 1 N–H and O–H groups in total. The summed E-state index contributed by atoms with van der Waals surface area (Å²) in [6.07, 6.45) is 0.473. The summed E-state index contributed by atoms with van der Waals surface area (Å²) in [4.78, 5) is 0. The smallest absolute Gasteiger partial charge is 0.150 e. The van der Waals surface area contributed by atoms with Crippen LogP contribution in [-0.2, 0) is 10.3 Å². The largest absolute Gasteiger partial charge is 0.385 e. The van der Waals surface area contributed by atoms with E-state index in [1.54, 1.807) is 0 Å². The lowest BCUT2D eigenvalue weighted by molar-refractivity contribution is -0.0698. The van der Waals surface area contributed by atoms with Crippen molar-refractivity contribution in [3.63, 3.8) is 0 Å². The monoisotopic (exact) mass is 239 g/mol. The third-order valence-corrected chi connectivity index (χ3v) is 3.02. The fourth-order valence-electron chi connectivity index (χ4n) is 1.99. The van der Waals surface area contributed by atoms with E-state index in [1.807, 2.05) is 0 Å². The minimum Gasteiger partial charge on any atom is -0.385 e. The molecule has 1 aliphatic rings. The van der Waals surface area contributed by atoms with Gasteiger partial charge in [0, 0.05) is 31.6 Å². The van der Waals surface area contributed by atoms with Gasteiger partial charge in [-0.05, 0) is 6.07 Å². The second kappa shape index (κ2) is 4.40. The van der Waals surface area contributed by atoms with Crippen molar-refractivity contribution in [3.8, 4) is 6.07 Å². The molecule has 2 rings (SSSR count). The maximum Gasteiger partial charge on any atom is 0.150 e. The maximum atomic E-state index is 13.9. The number of hydrogen-bond acceptors (Lipinski definition) is 3. The molecule has 1 heterocycles. The molecule has 1 aromatic rings. The fourth-order valence-corrected chi connectivity index (χ4v) is 1.99. The highest BCUT2D eigenvalue weighted by Gasteiger charge is 2.35. The number of rotatable bonds is 1. The van der Waals surface area contributed by atoms with E-state index in [4.69, 9.17) is 10.00 Å². The van der Waals surface area contributed by atoms with E-state index < -0.39 is 22.8 Å². The second-order valence-corrected chi connectivity index (χ2v) is 4.04. The average Bonchev–Trinajstić information content (AvgIpc) is 2.30. The molecule has 0 spiro atoms. The van der Waals surface area contributed by atoms with Gasteiger partial charge in [-0.2, -0.15) is 5.26 Å². The molecule has 0 atom stereocenters. The predicted molar refractivity (Wildman–Crippen MR) is 55.0 cm³/mol. The highest BCUT2D eigenvalue weighted by molar-refractivity contribution is 5.39. The Balaban J connectivity index is 2.49. The lowest BCUT2D eigenvalue weighted by Gasteiger charge is -2.32. The zero-order valence-electron chi connectivity index (χ0n) is 9.04. The molecule has 5 heteroatoms. The maximum absolute atomic E-state index is 13.9. The summed E-state index contributed by atoms with van der Waals surface area (Å²) in [6.45, 7) is 0.629. The van der Waals surface area contributed by atoms with Crippen molar-refractivity contribution in [1.82, 2.24) is 0 Å². The van der Waals surface area contributed by atoms with Crippen LogP contribution >= 0.6 is 0 Å². The summed E-state index contributed by atoms with van der Waals surface area (Å²) in [6, 6.07) is 3.66. The molecule has 0 unspecified atom stereocenters. The van der Waals surface area contributed by atoms with E-state index >= 15 is 0 Å². The van der Waals surface area contributed by atoms with Crippen LogP contribution in [0.4, 0.5) is 8.78 Å². The molecule has 0 radical (unpaired) electrons. The molecule has 90 valence electrons. The third-order valence-electron chi connectivity index (χ3n) is 3.02. The Kier molecular flexibility index (Phi) is 3.09. The number of hydrogen-bond donors (Lipinski definition) is 1. The fraction of sp³-hybridized carbons (Fsp3) is 0.417. The van der Waals surface area contributed by atoms with Crippen molar-refractivity contribution in [2.75, 3.05) is 13.2 Å². The van der Waals surface area contributed by atoms with Gasteiger partial charge in [-0.3, -0.25) is 0 Å². The molecule has 0 aliphatic carbocycles. The first-order valence-corrected chi connectivity index (χ1v) is 5.27. The summed E-state index contributed by atoms with van der Waals surface area (Å²) in [5.74, 6) is -1.89. The molecule has 1 aromatic carbocycles. The van der Waals surface area contributed by atoms with E-state index in [-0.39, 0.29) is 18.4 Å². The highest BCUT2D eigenvalue weighted by Crippen LogP contribution is 2.34. The van der Waals surface area contributed by atoms with Gasteiger partial charge in [0.1, 0.15) is 23.3 Å². The second-order valence-electron chi connectivity index (χ2n) is 4.04. The molecule has 0 amide bonds. The molecular formula is C12H11F2NO2. The van der Waals surface area contributed by atoms with Crippen LogP contribution in [0.1, 0.15) is 24.0 Å². The van der Waals surface area contributed by atoms with Gasteiger partial charge >= 0.3 is 0 Å². The van der Waals surface area contributed by atoms with Gasteiger partial charge < -0.3 is 9.84 Å². The first kappa shape index (κ1) is 12.0. The molecule has 17 heavy (non-hydrogen) atoms. The van der Waals surface area contributed by atoms with E-state index in [9.17, 15) is 13.9 Å². The van der Waals surface area contributed by atoms with E-state index in [2.05, 4.69) is 0 Å². The van der Waals surface area contributed by atoms with Crippen molar-refractivity contribution in [2.24, 2.45) is 0 Å². The Hall–Kier alpha value is -1.51. The third kappa shape index (κ3) is 2.02. The number of halogens is 2. The van der Waals surface area contributed by atoms with Crippen molar-refractivity contribution < 1.29 is 18.6 Å². The quantitative estimate of drug-likeness (QED) is 0.813. The summed E-state index contributed by atoms with van der Waals surface area (Å²) in [7, 11) is 0. The minimum atomic E-state index is -1.37. The first-order chi connectivity index (χ1) is 8.08. The van der Waals surface area contributed by atoms with Crippen LogP contribution in [0.5, 0.6) is 0 Å². The lowest BCUT2D eigenvalue weighted by atomic mass is 9.85. The van der Waals surface area contributed by atoms with Gasteiger partial charge in [0.15, 0.2) is 0 Å². The Bertz CT molecular complexity index is 476. The van der Waals surface area contributed by atoms with Gasteiger partial charge in [-0.25, -0.2) is 8.78 Å². The van der Waals surface area contributed by atoms with Crippen LogP contribution in [0, 0.1) is 23.0 Å². The van der Waals surface area contributed by atoms with Crippen LogP contribution < -0.4 is 0 Å². The van der Waals surface area contributed by atoms with Gasteiger partial charge in [0.2, 0.25) is 0 Å². The van der Waals surface area contributed by atoms with Crippen LogP contribution in [0.25, 0.3) is 0 Å². The van der Waals surface area contributed by atoms with E-state index in [0.29, 0.717) is 13.2 Å². The number of ether oxygens (including phenoxy) is 1. The van der Waals surface area contributed by atoms with Gasteiger partial charge in [0.05, 0.1) is 5.60 Å². The van der Waals surface area contributed by atoms with Crippen molar-refractivity contribution in [2.45, 2.75) is 18.4 Å². The summed E-state index contributed by atoms with van der Waals surface area (Å²) in [5.41, 5.74) is -2.05. The SMILES string of the molecule is N#Cc1c(F)ccc(C2(O)CCOCC2)c1F. The first-order valence-electron chi connectivity index (χ1n) is 5.27. The topological polar surface area (TPSA) is 53.2 Å². The van der Waals surface area contributed by atoms with Crippen LogP contribution in [-0.4, -0.2) is 18.3 Å². The van der Waals surface area contributed by atoms with Crippen LogP contribution in [0.3, 0.4) is 0 Å². The lowest BCUT2D eigenvalue weighted by Crippen LogP contribution is -2.34. The van der Waals surface area contributed by atoms with Crippen molar-refractivity contribution >= 4 is 0 Å². The van der Waals surface area contributed by atoms with Crippen molar-refractivity contribution in [3.05, 3.63) is 34.9 Å². The Morgan fingerprint density at radius 1 is 1.29 bits per heavy atom. The van der Waals surface area contributed by atoms with Crippen LogP contribution in [0.15, 0.2) is 12.1 Å². The summed E-state index contributed by atoms with van der Waals surface area (Å²) < 4.78 is 32.1. The zero-order valence-corrected chi connectivity index (χ0v) is 9.04. The highest BCUT2D eigenvalue weighted by atomic mass is 19.1. The number of nitriles is 1. The molecule has 0 bridgehead atoms. The van der Waals surface area contributed by atoms with Gasteiger partial charge in [0.25, 0.3) is 0 Å². The standard InChI is InChI=1S/C12H11F2NO2/c13-10-2-1-9(11(14)8(10)7-15)12(16)3-5-17-6-4-12/h1-2,16H,3-6H2.